The van der Waals surface area contributed by atoms with Crippen LogP contribution in [0.25, 0.3) is 0 Å². The molecule has 0 aromatic heterocycles. The Balaban J connectivity index is 2.53. The van der Waals surface area contributed by atoms with Gasteiger partial charge in [0.15, 0.2) is 0 Å². The molecule has 0 aliphatic heterocycles. The highest BCUT2D eigenvalue weighted by atomic mass is 28.4. The Bertz CT molecular complexity index is 629. The Morgan fingerprint density at radius 2 is 1.40 bits per heavy atom. The van der Waals surface area contributed by atoms with Crippen LogP contribution in [-0.4, -0.2) is 14.9 Å². The molecular formula is C23H32OSi. The highest BCUT2D eigenvalue weighted by Gasteiger charge is 2.50. The van der Waals surface area contributed by atoms with Gasteiger partial charge in [0.25, 0.3) is 8.32 Å². The molecule has 0 aliphatic carbocycles. The van der Waals surface area contributed by atoms with Crippen molar-refractivity contribution in [3.05, 3.63) is 72.3 Å². The van der Waals surface area contributed by atoms with Crippen molar-refractivity contribution in [2.75, 3.05) is 6.61 Å². The molecule has 2 heteroatoms. The molecule has 2 aromatic rings. The van der Waals surface area contributed by atoms with Crippen LogP contribution in [0.2, 0.25) is 5.04 Å². The lowest BCUT2D eigenvalue weighted by atomic mass is 10.2. The fourth-order valence-corrected chi connectivity index (χ4v) is 8.03. The predicted octanol–water partition coefficient (Wildman–Crippen LogP) is 5.31. The molecule has 0 amide bonds. The third kappa shape index (κ3) is 4.50. The monoisotopic (exact) mass is 352 g/mol. The summed E-state index contributed by atoms with van der Waals surface area (Å²) in [5.74, 6) is 0. The molecule has 0 radical (unpaired) electrons. The molecule has 134 valence electrons. The summed E-state index contributed by atoms with van der Waals surface area (Å²) in [6, 6.07) is 21.7. The number of allylic oxidation sites excluding steroid dienone is 1. The Hall–Kier alpha value is -1.64. The first kappa shape index (κ1) is 19.7. The third-order valence-electron chi connectivity index (χ3n) is 4.71. The fourth-order valence-electron chi connectivity index (χ4n) is 3.43. The minimum absolute atomic E-state index is 0.0424. The Labute approximate surface area is 154 Å². The van der Waals surface area contributed by atoms with Gasteiger partial charge >= 0.3 is 0 Å². The molecule has 0 heterocycles. The summed E-state index contributed by atoms with van der Waals surface area (Å²) in [6.45, 7) is 12.1. The summed E-state index contributed by atoms with van der Waals surface area (Å²) >= 11 is 0. The molecular weight excluding hydrogens is 320 g/mol. The van der Waals surface area contributed by atoms with Gasteiger partial charge in [-0.15, -0.1) is 0 Å². The van der Waals surface area contributed by atoms with Crippen LogP contribution in [0, 0.1) is 0 Å². The second-order valence-corrected chi connectivity index (χ2v) is 12.1. The molecule has 0 atom stereocenters. The summed E-state index contributed by atoms with van der Waals surface area (Å²) in [7, 11) is -2.39. The van der Waals surface area contributed by atoms with Crippen molar-refractivity contribution in [3.8, 4) is 0 Å². The molecule has 2 aromatic carbocycles. The van der Waals surface area contributed by atoms with E-state index in [-0.39, 0.29) is 5.04 Å². The van der Waals surface area contributed by atoms with Crippen molar-refractivity contribution in [1.29, 1.82) is 0 Å². The van der Waals surface area contributed by atoms with Gasteiger partial charge in [-0.1, -0.05) is 106 Å². The summed E-state index contributed by atoms with van der Waals surface area (Å²) < 4.78 is 6.90. The normalized spacial score (nSPS) is 13.1. The summed E-state index contributed by atoms with van der Waals surface area (Å²) in [5.41, 5.74) is 1.33. The molecule has 0 saturated heterocycles. The average molecular weight is 353 g/mol. The van der Waals surface area contributed by atoms with E-state index in [1.807, 2.05) is 0 Å². The maximum absolute atomic E-state index is 6.90. The molecule has 0 aliphatic rings. The van der Waals surface area contributed by atoms with Gasteiger partial charge in [-0.25, -0.2) is 0 Å². The van der Waals surface area contributed by atoms with Gasteiger partial charge in [0.1, 0.15) is 0 Å². The summed E-state index contributed by atoms with van der Waals surface area (Å²) in [6.07, 6.45) is 4.62. The van der Waals surface area contributed by atoms with Crippen molar-refractivity contribution in [1.82, 2.24) is 0 Å². The SMILES string of the molecule is CCC/C=C(\C)CO[Si](c1ccccc1)(c1ccccc1)C(C)(C)C. The van der Waals surface area contributed by atoms with Gasteiger partial charge in [-0.2, -0.15) is 0 Å². The first-order valence-corrected chi connectivity index (χ1v) is 11.2. The van der Waals surface area contributed by atoms with E-state index < -0.39 is 8.32 Å². The highest BCUT2D eigenvalue weighted by Crippen LogP contribution is 2.36. The lowest BCUT2D eigenvalue weighted by Crippen LogP contribution is -2.66. The van der Waals surface area contributed by atoms with E-state index >= 15 is 0 Å². The number of benzene rings is 2. The summed E-state index contributed by atoms with van der Waals surface area (Å²) in [4.78, 5) is 0. The molecule has 0 bridgehead atoms. The van der Waals surface area contributed by atoms with Gasteiger partial charge in [-0.05, 0) is 28.8 Å². The maximum Gasteiger partial charge on any atom is 0.261 e. The quantitative estimate of drug-likeness (QED) is 0.485. The topological polar surface area (TPSA) is 9.23 Å². The van der Waals surface area contributed by atoms with Gasteiger partial charge in [0, 0.05) is 0 Å². The van der Waals surface area contributed by atoms with Crippen LogP contribution in [0.15, 0.2) is 72.3 Å². The van der Waals surface area contributed by atoms with Crippen LogP contribution in [0.3, 0.4) is 0 Å². The second kappa shape index (κ2) is 8.64. The molecule has 0 spiro atoms. The lowest BCUT2D eigenvalue weighted by Gasteiger charge is -2.43. The third-order valence-corrected chi connectivity index (χ3v) is 9.70. The van der Waals surface area contributed by atoms with Crippen LogP contribution in [0.5, 0.6) is 0 Å². The van der Waals surface area contributed by atoms with E-state index in [1.165, 1.54) is 22.4 Å². The van der Waals surface area contributed by atoms with Crippen LogP contribution in [-0.2, 0) is 4.43 Å². The zero-order chi connectivity index (χ0) is 18.3. The predicted molar refractivity (Wildman–Crippen MR) is 112 cm³/mol. The van der Waals surface area contributed by atoms with Crippen LogP contribution in [0.4, 0.5) is 0 Å². The second-order valence-electron chi connectivity index (χ2n) is 7.79. The standard InChI is InChI=1S/C23H32OSi/c1-6-7-14-20(2)19-24-25(23(3,4)5,21-15-10-8-11-16-21)22-17-12-9-13-18-22/h8-18H,6-7,19H2,1-5H3/b20-14+. The van der Waals surface area contributed by atoms with Crippen molar-refractivity contribution >= 4 is 18.7 Å². The minimum Gasteiger partial charge on any atom is -0.403 e. The van der Waals surface area contributed by atoms with Gasteiger partial charge in [-0.3, -0.25) is 0 Å². The molecule has 25 heavy (non-hydrogen) atoms. The lowest BCUT2D eigenvalue weighted by molar-refractivity contribution is 0.329. The molecule has 0 fully saturated rings. The molecule has 0 N–H and O–H groups in total. The fraction of sp³-hybridized carbons (Fsp3) is 0.391. The largest absolute Gasteiger partial charge is 0.403 e. The number of rotatable bonds is 7. The number of unbranched alkanes of at least 4 members (excludes halogenated alkanes) is 1. The van der Waals surface area contributed by atoms with Crippen molar-refractivity contribution in [2.45, 2.75) is 52.5 Å². The molecule has 1 nitrogen and oxygen atoms in total. The first-order valence-electron chi connectivity index (χ1n) is 9.32. The van der Waals surface area contributed by atoms with Crippen molar-refractivity contribution in [3.63, 3.8) is 0 Å². The van der Waals surface area contributed by atoms with Gasteiger partial charge < -0.3 is 4.43 Å². The maximum atomic E-state index is 6.90. The number of hydrogen-bond acceptors (Lipinski definition) is 1. The Kier molecular flexibility index (Phi) is 6.80. The van der Waals surface area contributed by atoms with E-state index in [0.29, 0.717) is 6.61 Å². The molecule has 2 rings (SSSR count). The van der Waals surface area contributed by atoms with Crippen LogP contribution in [0.1, 0.15) is 47.5 Å². The van der Waals surface area contributed by atoms with Gasteiger partial charge in [0.2, 0.25) is 0 Å². The van der Waals surface area contributed by atoms with Crippen molar-refractivity contribution in [2.24, 2.45) is 0 Å². The number of hydrogen-bond donors (Lipinski definition) is 0. The molecule has 0 saturated carbocycles. The van der Waals surface area contributed by atoms with E-state index in [2.05, 4.69) is 101 Å². The highest BCUT2D eigenvalue weighted by molar-refractivity contribution is 6.99. The molecule has 0 unspecified atom stereocenters. The van der Waals surface area contributed by atoms with Crippen LogP contribution >= 0.6 is 0 Å². The van der Waals surface area contributed by atoms with E-state index in [4.69, 9.17) is 4.43 Å². The van der Waals surface area contributed by atoms with E-state index in [0.717, 1.165) is 6.42 Å². The smallest absolute Gasteiger partial charge is 0.261 e. The van der Waals surface area contributed by atoms with E-state index in [9.17, 15) is 0 Å². The zero-order valence-electron chi connectivity index (χ0n) is 16.4. The minimum atomic E-state index is -2.39. The van der Waals surface area contributed by atoms with Gasteiger partial charge in [0.05, 0.1) is 6.61 Å². The zero-order valence-corrected chi connectivity index (χ0v) is 17.4. The first-order chi connectivity index (χ1) is 11.9. The average Bonchev–Trinajstić information content (AvgIpc) is 2.61. The Morgan fingerprint density at radius 3 is 1.80 bits per heavy atom. The van der Waals surface area contributed by atoms with Crippen molar-refractivity contribution < 1.29 is 4.43 Å². The Morgan fingerprint density at radius 1 is 0.920 bits per heavy atom. The van der Waals surface area contributed by atoms with Crippen LogP contribution < -0.4 is 10.4 Å². The van der Waals surface area contributed by atoms with E-state index in [1.54, 1.807) is 0 Å². The summed E-state index contributed by atoms with van der Waals surface area (Å²) in [5, 5.41) is 2.73.